The summed E-state index contributed by atoms with van der Waals surface area (Å²) in [5, 5.41) is 9.07. The van der Waals surface area contributed by atoms with Crippen molar-refractivity contribution in [1.29, 1.82) is 0 Å². The monoisotopic (exact) mass is 360 g/mol. The predicted molar refractivity (Wildman–Crippen MR) is 89.1 cm³/mol. The average molecular weight is 360 g/mol. The van der Waals surface area contributed by atoms with Crippen molar-refractivity contribution in [3.05, 3.63) is 47.3 Å². The summed E-state index contributed by atoms with van der Waals surface area (Å²) in [4.78, 5) is 38.9. The molecular formula is C18H20N2O6. The second kappa shape index (κ2) is 7.07. The summed E-state index contributed by atoms with van der Waals surface area (Å²) in [5.41, 5.74) is 0.0847. The molecule has 1 saturated heterocycles. The molecule has 0 saturated carbocycles. The standard InChI is InChI=1S/C18H20N2O6/c1-11-15(18(23)24)7-14(26-11)9-19(2)17(22)12-6-16(21)20(8-12)10-13-4-3-5-25-13/h3-5,7,12H,6,8-10H2,1-2H3,(H,23,24). The third-order valence-corrected chi connectivity index (χ3v) is 4.46. The number of aryl methyl sites for hydroxylation is 1. The van der Waals surface area contributed by atoms with E-state index in [1.807, 2.05) is 0 Å². The number of hydrogen-bond acceptors (Lipinski definition) is 5. The van der Waals surface area contributed by atoms with Gasteiger partial charge in [0, 0.05) is 20.0 Å². The van der Waals surface area contributed by atoms with E-state index in [2.05, 4.69) is 0 Å². The fourth-order valence-electron chi connectivity index (χ4n) is 3.14. The molecule has 8 nitrogen and oxygen atoms in total. The maximum Gasteiger partial charge on any atom is 0.339 e. The summed E-state index contributed by atoms with van der Waals surface area (Å²) in [7, 11) is 1.61. The third kappa shape index (κ3) is 3.63. The number of carboxylic acid groups (broad SMARTS) is 1. The van der Waals surface area contributed by atoms with Gasteiger partial charge in [0.2, 0.25) is 11.8 Å². The minimum Gasteiger partial charge on any atom is -0.478 e. The van der Waals surface area contributed by atoms with Crippen LogP contribution in [0.4, 0.5) is 0 Å². The van der Waals surface area contributed by atoms with Gasteiger partial charge in [0.05, 0.1) is 25.3 Å². The van der Waals surface area contributed by atoms with E-state index in [1.165, 1.54) is 11.0 Å². The van der Waals surface area contributed by atoms with E-state index in [0.29, 0.717) is 30.4 Å². The summed E-state index contributed by atoms with van der Waals surface area (Å²) < 4.78 is 10.7. The van der Waals surface area contributed by atoms with Gasteiger partial charge >= 0.3 is 5.97 Å². The van der Waals surface area contributed by atoms with Gasteiger partial charge in [-0.2, -0.15) is 0 Å². The zero-order valence-corrected chi connectivity index (χ0v) is 14.6. The number of carboxylic acids is 1. The number of likely N-dealkylation sites (tertiary alicyclic amines) is 1. The molecule has 1 atom stereocenters. The lowest BCUT2D eigenvalue weighted by Gasteiger charge is -2.20. The molecule has 0 radical (unpaired) electrons. The van der Waals surface area contributed by atoms with E-state index in [9.17, 15) is 14.4 Å². The topological polar surface area (TPSA) is 104 Å². The average Bonchev–Trinajstić information content (AvgIpc) is 3.29. The van der Waals surface area contributed by atoms with E-state index < -0.39 is 11.9 Å². The second-order valence-corrected chi connectivity index (χ2v) is 6.44. The highest BCUT2D eigenvalue weighted by molar-refractivity contribution is 5.90. The van der Waals surface area contributed by atoms with Crippen LogP contribution in [0.25, 0.3) is 0 Å². The van der Waals surface area contributed by atoms with Crippen molar-refractivity contribution in [3.8, 4) is 0 Å². The molecule has 1 N–H and O–H groups in total. The highest BCUT2D eigenvalue weighted by Crippen LogP contribution is 2.23. The largest absolute Gasteiger partial charge is 0.478 e. The molecule has 26 heavy (non-hydrogen) atoms. The summed E-state index contributed by atoms with van der Waals surface area (Å²) >= 11 is 0. The predicted octanol–water partition coefficient (Wildman–Crippen LogP) is 1.89. The van der Waals surface area contributed by atoms with Gasteiger partial charge in [0.15, 0.2) is 0 Å². The molecular weight excluding hydrogens is 340 g/mol. The number of aromatic carboxylic acids is 1. The van der Waals surface area contributed by atoms with E-state index in [0.717, 1.165) is 0 Å². The van der Waals surface area contributed by atoms with Crippen molar-refractivity contribution >= 4 is 17.8 Å². The Kier molecular flexibility index (Phi) is 4.83. The molecule has 0 bridgehead atoms. The Morgan fingerprint density at radius 3 is 2.77 bits per heavy atom. The highest BCUT2D eigenvalue weighted by atomic mass is 16.4. The van der Waals surface area contributed by atoms with Gasteiger partial charge in [0.1, 0.15) is 22.8 Å². The Bertz CT molecular complexity index is 823. The number of nitrogens with zero attached hydrogens (tertiary/aromatic N) is 2. The zero-order chi connectivity index (χ0) is 18.8. The molecule has 1 unspecified atom stereocenters. The fraction of sp³-hybridized carbons (Fsp3) is 0.389. The van der Waals surface area contributed by atoms with Gasteiger partial charge in [-0.05, 0) is 25.1 Å². The quantitative estimate of drug-likeness (QED) is 0.843. The van der Waals surface area contributed by atoms with E-state index in [4.69, 9.17) is 13.9 Å². The van der Waals surface area contributed by atoms with E-state index in [1.54, 1.807) is 37.3 Å². The summed E-state index contributed by atoms with van der Waals surface area (Å²) in [6.45, 7) is 2.39. The third-order valence-electron chi connectivity index (χ3n) is 4.46. The van der Waals surface area contributed by atoms with E-state index >= 15 is 0 Å². The van der Waals surface area contributed by atoms with Crippen LogP contribution in [0, 0.1) is 12.8 Å². The molecule has 0 aromatic carbocycles. The lowest BCUT2D eigenvalue weighted by Crippen LogP contribution is -2.34. The van der Waals surface area contributed by atoms with Crippen molar-refractivity contribution in [2.75, 3.05) is 13.6 Å². The summed E-state index contributed by atoms with van der Waals surface area (Å²) in [6.07, 6.45) is 1.70. The molecule has 3 rings (SSSR count). The number of furan rings is 2. The Hall–Kier alpha value is -3.03. The maximum absolute atomic E-state index is 12.6. The Balaban J connectivity index is 1.61. The molecule has 138 valence electrons. The van der Waals surface area contributed by atoms with Crippen LogP contribution in [0.5, 0.6) is 0 Å². The van der Waals surface area contributed by atoms with Crippen molar-refractivity contribution < 1.29 is 28.3 Å². The molecule has 0 spiro atoms. The van der Waals surface area contributed by atoms with Crippen molar-refractivity contribution in [2.24, 2.45) is 5.92 Å². The molecule has 1 aliphatic rings. The minimum atomic E-state index is -1.07. The van der Waals surface area contributed by atoms with Crippen LogP contribution in [0.2, 0.25) is 0 Å². The van der Waals surface area contributed by atoms with Crippen LogP contribution in [-0.2, 0) is 22.7 Å². The number of hydrogen-bond donors (Lipinski definition) is 1. The maximum atomic E-state index is 12.6. The number of amides is 2. The van der Waals surface area contributed by atoms with Crippen molar-refractivity contribution in [1.82, 2.24) is 9.80 Å². The first-order valence-electron chi connectivity index (χ1n) is 8.23. The fourth-order valence-corrected chi connectivity index (χ4v) is 3.14. The second-order valence-electron chi connectivity index (χ2n) is 6.44. The van der Waals surface area contributed by atoms with Gasteiger partial charge in [-0.15, -0.1) is 0 Å². The molecule has 1 aliphatic heterocycles. The lowest BCUT2D eigenvalue weighted by molar-refractivity contribution is -0.135. The SMILES string of the molecule is Cc1oc(CN(C)C(=O)C2CC(=O)N(Cc3ccco3)C2)cc1C(=O)O. The Labute approximate surface area is 150 Å². The molecule has 2 aromatic rings. The van der Waals surface area contributed by atoms with Gasteiger partial charge in [-0.1, -0.05) is 0 Å². The normalized spacial score (nSPS) is 16.9. The van der Waals surface area contributed by atoms with Crippen LogP contribution < -0.4 is 0 Å². The smallest absolute Gasteiger partial charge is 0.339 e. The summed E-state index contributed by atoms with van der Waals surface area (Å²) in [5.74, 6) is -0.395. The summed E-state index contributed by atoms with van der Waals surface area (Å²) in [6, 6.07) is 4.96. The number of rotatable bonds is 6. The zero-order valence-electron chi connectivity index (χ0n) is 14.6. The first-order chi connectivity index (χ1) is 12.3. The number of carbonyl (C=O) groups excluding carboxylic acids is 2. The Morgan fingerprint density at radius 2 is 2.15 bits per heavy atom. The van der Waals surface area contributed by atoms with Gasteiger partial charge < -0.3 is 23.7 Å². The van der Waals surface area contributed by atoms with Gasteiger partial charge in [0.25, 0.3) is 0 Å². The highest BCUT2D eigenvalue weighted by Gasteiger charge is 2.36. The van der Waals surface area contributed by atoms with Gasteiger partial charge in [-0.25, -0.2) is 4.79 Å². The van der Waals surface area contributed by atoms with Crippen LogP contribution in [-0.4, -0.2) is 46.3 Å². The molecule has 3 heterocycles. The van der Waals surface area contributed by atoms with Crippen LogP contribution in [0.1, 0.15) is 34.1 Å². The first kappa shape index (κ1) is 17.8. The van der Waals surface area contributed by atoms with Crippen LogP contribution in [0.15, 0.2) is 33.3 Å². The molecule has 0 aliphatic carbocycles. The van der Waals surface area contributed by atoms with Crippen molar-refractivity contribution in [2.45, 2.75) is 26.4 Å². The van der Waals surface area contributed by atoms with Gasteiger partial charge in [-0.3, -0.25) is 9.59 Å². The first-order valence-corrected chi connectivity index (χ1v) is 8.23. The van der Waals surface area contributed by atoms with Crippen LogP contribution >= 0.6 is 0 Å². The molecule has 2 amide bonds. The Morgan fingerprint density at radius 1 is 1.38 bits per heavy atom. The molecule has 2 aromatic heterocycles. The van der Waals surface area contributed by atoms with Crippen molar-refractivity contribution in [3.63, 3.8) is 0 Å². The van der Waals surface area contributed by atoms with Crippen LogP contribution in [0.3, 0.4) is 0 Å². The minimum absolute atomic E-state index is 0.0847. The van der Waals surface area contributed by atoms with E-state index in [-0.39, 0.29) is 30.3 Å². The number of carbonyl (C=O) groups is 3. The lowest BCUT2D eigenvalue weighted by atomic mass is 10.1. The molecule has 1 fully saturated rings. The molecule has 8 heteroatoms.